The van der Waals surface area contributed by atoms with Gasteiger partial charge in [0.15, 0.2) is 0 Å². The molecule has 0 bridgehead atoms. The molecule has 1 rings (SSSR count). The molecule has 80 valence electrons. The summed E-state index contributed by atoms with van der Waals surface area (Å²) >= 11 is 0. The molecule has 2 nitrogen and oxygen atoms in total. The Balaban J connectivity index is 2.41. The fraction of sp³-hybridized carbons (Fsp3) is 0.667. The van der Waals surface area contributed by atoms with E-state index < -0.39 is 12.2 Å². The molecule has 2 atom stereocenters. The quantitative estimate of drug-likeness (QED) is 0.583. The van der Waals surface area contributed by atoms with E-state index in [9.17, 15) is 10.2 Å². The Morgan fingerprint density at radius 2 is 1.00 bits per heavy atom. The van der Waals surface area contributed by atoms with Gasteiger partial charge >= 0.3 is 0 Å². The van der Waals surface area contributed by atoms with Crippen molar-refractivity contribution >= 4 is 0 Å². The van der Waals surface area contributed by atoms with E-state index >= 15 is 0 Å². The molecule has 0 aromatic rings. The summed E-state index contributed by atoms with van der Waals surface area (Å²) in [5, 5.41) is 19.1. The molecule has 2 unspecified atom stereocenters. The lowest BCUT2D eigenvalue weighted by Crippen LogP contribution is -2.25. The zero-order valence-electron chi connectivity index (χ0n) is 8.60. The molecule has 1 aliphatic rings. The van der Waals surface area contributed by atoms with Crippen LogP contribution in [-0.2, 0) is 0 Å². The van der Waals surface area contributed by atoms with Gasteiger partial charge in [0.25, 0.3) is 0 Å². The second kappa shape index (κ2) is 6.80. The van der Waals surface area contributed by atoms with Gasteiger partial charge in [0.05, 0.1) is 12.2 Å². The summed E-state index contributed by atoms with van der Waals surface area (Å²) < 4.78 is 0. The molecule has 0 saturated carbocycles. The number of allylic oxidation sites excluding steroid dienone is 4. The predicted octanol–water partition coefficient (Wildman–Crippen LogP) is 2.17. The third kappa shape index (κ3) is 4.58. The summed E-state index contributed by atoms with van der Waals surface area (Å²) in [5.41, 5.74) is 0. The lowest BCUT2D eigenvalue weighted by molar-refractivity contribution is 0.0111. The van der Waals surface area contributed by atoms with Gasteiger partial charge in [-0.05, 0) is 38.5 Å². The van der Waals surface area contributed by atoms with Crippen molar-refractivity contribution in [2.24, 2.45) is 0 Å². The molecule has 14 heavy (non-hydrogen) atoms. The smallest absolute Gasteiger partial charge is 0.0802 e. The lowest BCUT2D eigenvalue weighted by atomic mass is 10.0. The molecule has 0 aromatic carbocycles. The number of hydrogen-bond acceptors (Lipinski definition) is 2. The minimum absolute atomic E-state index is 0.563. The minimum Gasteiger partial charge on any atom is -0.390 e. The van der Waals surface area contributed by atoms with Crippen LogP contribution in [0.1, 0.15) is 38.5 Å². The van der Waals surface area contributed by atoms with Crippen LogP contribution < -0.4 is 0 Å². The first-order valence-electron chi connectivity index (χ1n) is 5.47. The first-order valence-corrected chi connectivity index (χ1v) is 5.47. The Labute approximate surface area is 86.0 Å². The molecule has 0 saturated heterocycles. The van der Waals surface area contributed by atoms with Crippen LogP contribution in [-0.4, -0.2) is 22.4 Å². The average molecular weight is 196 g/mol. The summed E-state index contributed by atoms with van der Waals surface area (Å²) in [7, 11) is 0. The fourth-order valence-corrected chi connectivity index (χ4v) is 1.58. The van der Waals surface area contributed by atoms with E-state index in [0.29, 0.717) is 12.8 Å². The molecular weight excluding hydrogens is 176 g/mol. The van der Waals surface area contributed by atoms with Crippen molar-refractivity contribution in [3.05, 3.63) is 24.3 Å². The van der Waals surface area contributed by atoms with Gasteiger partial charge in [-0.2, -0.15) is 0 Å². The van der Waals surface area contributed by atoms with Crippen LogP contribution in [0.3, 0.4) is 0 Å². The molecule has 2 N–H and O–H groups in total. The summed E-state index contributed by atoms with van der Waals surface area (Å²) in [6, 6.07) is 0. The zero-order valence-corrected chi connectivity index (χ0v) is 8.60. The van der Waals surface area contributed by atoms with Gasteiger partial charge in [0.1, 0.15) is 0 Å². The number of rotatable bonds is 0. The van der Waals surface area contributed by atoms with Crippen LogP contribution in [0.25, 0.3) is 0 Å². The number of hydrogen-bond donors (Lipinski definition) is 2. The van der Waals surface area contributed by atoms with E-state index in [4.69, 9.17) is 0 Å². The summed E-state index contributed by atoms with van der Waals surface area (Å²) in [6.07, 6.45) is 12.6. The molecule has 0 heterocycles. The maximum absolute atomic E-state index is 9.55. The van der Waals surface area contributed by atoms with Crippen LogP contribution in [0, 0.1) is 0 Å². The number of aliphatic hydroxyl groups is 2. The highest BCUT2D eigenvalue weighted by Crippen LogP contribution is 2.10. The van der Waals surface area contributed by atoms with Crippen LogP contribution in [0.4, 0.5) is 0 Å². The van der Waals surface area contributed by atoms with Gasteiger partial charge < -0.3 is 10.2 Å². The van der Waals surface area contributed by atoms with E-state index in [0.717, 1.165) is 25.7 Å². The van der Waals surface area contributed by atoms with E-state index in [1.54, 1.807) is 0 Å². The van der Waals surface area contributed by atoms with Crippen LogP contribution in [0.2, 0.25) is 0 Å². The summed E-state index contributed by atoms with van der Waals surface area (Å²) in [4.78, 5) is 0. The van der Waals surface area contributed by atoms with Gasteiger partial charge in [0, 0.05) is 0 Å². The third-order valence-electron chi connectivity index (χ3n) is 2.54. The Morgan fingerprint density at radius 1 is 0.643 bits per heavy atom. The molecule has 0 aromatic heterocycles. The standard InChI is InChI=1S/C12H20O2/c13-11-9-7-5-3-1-2-4-6-8-10-12(11)14/h3-6,11-14H,1-2,7-10H2/b5-3-,6-4-. The highest BCUT2D eigenvalue weighted by Gasteiger charge is 2.14. The topological polar surface area (TPSA) is 40.5 Å². The van der Waals surface area contributed by atoms with Gasteiger partial charge in [-0.3, -0.25) is 0 Å². The van der Waals surface area contributed by atoms with Crippen molar-refractivity contribution in [1.29, 1.82) is 0 Å². The molecule has 0 spiro atoms. The van der Waals surface area contributed by atoms with Crippen molar-refractivity contribution < 1.29 is 10.2 Å². The molecule has 0 amide bonds. The predicted molar refractivity (Wildman–Crippen MR) is 58.0 cm³/mol. The number of aliphatic hydroxyl groups excluding tert-OH is 2. The van der Waals surface area contributed by atoms with Crippen molar-refractivity contribution in [3.63, 3.8) is 0 Å². The molecule has 2 heteroatoms. The lowest BCUT2D eigenvalue weighted by Gasteiger charge is -2.16. The van der Waals surface area contributed by atoms with E-state index in [1.165, 1.54) is 0 Å². The Kier molecular flexibility index (Phi) is 5.57. The average Bonchev–Trinajstić information content (AvgIpc) is 2.18. The van der Waals surface area contributed by atoms with Crippen molar-refractivity contribution in [2.75, 3.05) is 0 Å². The SMILES string of the molecule is OC1CC/C=C\CC/C=C\CCC1O. The van der Waals surface area contributed by atoms with Crippen LogP contribution in [0.15, 0.2) is 24.3 Å². The van der Waals surface area contributed by atoms with E-state index in [1.807, 2.05) is 0 Å². The second-order valence-corrected chi connectivity index (χ2v) is 3.81. The second-order valence-electron chi connectivity index (χ2n) is 3.81. The first-order chi connectivity index (χ1) is 6.80. The minimum atomic E-state index is -0.563. The molecule has 0 aliphatic heterocycles. The van der Waals surface area contributed by atoms with Gasteiger partial charge in [-0.15, -0.1) is 0 Å². The van der Waals surface area contributed by atoms with Crippen LogP contribution >= 0.6 is 0 Å². The largest absolute Gasteiger partial charge is 0.390 e. The third-order valence-corrected chi connectivity index (χ3v) is 2.54. The van der Waals surface area contributed by atoms with Gasteiger partial charge in [0.2, 0.25) is 0 Å². The maximum atomic E-state index is 9.55. The molecular formula is C12H20O2. The molecule has 0 fully saturated rings. The first kappa shape index (κ1) is 11.5. The maximum Gasteiger partial charge on any atom is 0.0802 e. The van der Waals surface area contributed by atoms with Gasteiger partial charge in [-0.25, -0.2) is 0 Å². The van der Waals surface area contributed by atoms with Crippen molar-refractivity contribution in [3.8, 4) is 0 Å². The summed E-state index contributed by atoms with van der Waals surface area (Å²) in [5.74, 6) is 0. The van der Waals surface area contributed by atoms with Crippen LogP contribution in [0.5, 0.6) is 0 Å². The van der Waals surface area contributed by atoms with Gasteiger partial charge in [-0.1, -0.05) is 24.3 Å². The van der Waals surface area contributed by atoms with E-state index in [2.05, 4.69) is 24.3 Å². The summed E-state index contributed by atoms with van der Waals surface area (Å²) in [6.45, 7) is 0. The zero-order chi connectivity index (χ0) is 10.2. The van der Waals surface area contributed by atoms with E-state index in [-0.39, 0.29) is 0 Å². The molecule has 0 radical (unpaired) electrons. The monoisotopic (exact) mass is 196 g/mol. The fourth-order valence-electron chi connectivity index (χ4n) is 1.58. The van der Waals surface area contributed by atoms with Crippen molar-refractivity contribution in [1.82, 2.24) is 0 Å². The molecule has 1 aliphatic carbocycles. The highest BCUT2D eigenvalue weighted by atomic mass is 16.3. The van der Waals surface area contributed by atoms with Crippen molar-refractivity contribution in [2.45, 2.75) is 50.7 Å². The Bertz CT molecular complexity index is 174. The normalized spacial score (nSPS) is 35.3. The Morgan fingerprint density at radius 3 is 1.43 bits per heavy atom. The highest BCUT2D eigenvalue weighted by molar-refractivity contribution is 4.90. The Hall–Kier alpha value is -0.600.